The number of aliphatic hydroxyl groups is 1. The predicted molar refractivity (Wildman–Crippen MR) is 54.0 cm³/mol. The zero-order chi connectivity index (χ0) is 9.97. The summed E-state index contributed by atoms with van der Waals surface area (Å²) in [4.78, 5) is 13.8. The Bertz CT molecular complexity index is 213. The summed E-state index contributed by atoms with van der Waals surface area (Å²) in [6.07, 6.45) is 4.46. The van der Waals surface area contributed by atoms with Gasteiger partial charge in [0, 0.05) is 19.1 Å². The van der Waals surface area contributed by atoms with Crippen molar-refractivity contribution in [3.63, 3.8) is 0 Å². The van der Waals surface area contributed by atoms with Crippen molar-refractivity contribution in [1.29, 1.82) is 0 Å². The van der Waals surface area contributed by atoms with Crippen LogP contribution in [0.4, 0.5) is 0 Å². The molecule has 1 saturated carbocycles. The van der Waals surface area contributed by atoms with E-state index in [2.05, 4.69) is 4.90 Å². The molecular weight excluding hydrogens is 178 g/mol. The van der Waals surface area contributed by atoms with E-state index in [0.29, 0.717) is 24.2 Å². The summed E-state index contributed by atoms with van der Waals surface area (Å²) < 4.78 is 0. The second kappa shape index (κ2) is 4.41. The molecule has 3 nitrogen and oxygen atoms in total. The molecule has 0 spiro atoms. The zero-order valence-corrected chi connectivity index (χ0v) is 8.61. The van der Waals surface area contributed by atoms with Gasteiger partial charge < -0.3 is 5.11 Å². The van der Waals surface area contributed by atoms with Crippen LogP contribution >= 0.6 is 0 Å². The number of rotatable bonds is 4. The Morgan fingerprint density at radius 1 is 1.36 bits per heavy atom. The molecule has 1 unspecified atom stereocenters. The first-order valence-electron chi connectivity index (χ1n) is 5.65. The van der Waals surface area contributed by atoms with E-state index in [1.807, 2.05) is 0 Å². The molecule has 1 aliphatic heterocycles. The van der Waals surface area contributed by atoms with Gasteiger partial charge in [-0.2, -0.15) is 0 Å². The summed E-state index contributed by atoms with van der Waals surface area (Å²) in [5, 5.41) is 9.05. The second-order valence-electron chi connectivity index (χ2n) is 4.67. The number of carbonyl (C=O) groups is 1. The van der Waals surface area contributed by atoms with Gasteiger partial charge in [0.25, 0.3) is 0 Å². The lowest BCUT2D eigenvalue weighted by Gasteiger charge is -2.31. The van der Waals surface area contributed by atoms with Crippen LogP contribution in [0.25, 0.3) is 0 Å². The van der Waals surface area contributed by atoms with Crippen LogP contribution < -0.4 is 0 Å². The molecule has 0 aromatic carbocycles. The molecule has 2 rings (SSSR count). The molecule has 0 amide bonds. The van der Waals surface area contributed by atoms with Crippen LogP contribution in [-0.2, 0) is 4.79 Å². The van der Waals surface area contributed by atoms with E-state index in [1.54, 1.807) is 0 Å². The minimum atomic E-state index is 0.272. The van der Waals surface area contributed by atoms with Gasteiger partial charge in [-0.3, -0.25) is 9.69 Å². The first-order valence-corrected chi connectivity index (χ1v) is 5.65. The first kappa shape index (κ1) is 10.1. The van der Waals surface area contributed by atoms with Gasteiger partial charge in [0.05, 0.1) is 6.54 Å². The summed E-state index contributed by atoms with van der Waals surface area (Å²) >= 11 is 0. The maximum absolute atomic E-state index is 11.6. The molecule has 80 valence electrons. The van der Waals surface area contributed by atoms with E-state index in [1.165, 1.54) is 0 Å². The molecule has 1 atom stereocenters. The summed E-state index contributed by atoms with van der Waals surface area (Å²) in [7, 11) is 0. The lowest BCUT2D eigenvalue weighted by atomic mass is 9.99. The quantitative estimate of drug-likeness (QED) is 0.720. The number of nitrogens with zero attached hydrogens (tertiary/aromatic N) is 1. The van der Waals surface area contributed by atoms with Gasteiger partial charge in [-0.1, -0.05) is 0 Å². The standard InChI is InChI=1S/C11H19NO2/c13-8-9-2-1-5-12(6-9)7-11(14)10-3-4-10/h9-10,13H,1-8H2. The van der Waals surface area contributed by atoms with Gasteiger partial charge in [-0.25, -0.2) is 0 Å². The second-order valence-corrected chi connectivity index (χ2v) is 4.67. The Morgan fingerprint density at radius 2 is 2.14 bits per heavy atom. The molecule has 14 heavy (non-hydrogen) atoms. The topological polar surface area (TPSA) is 40.5 Å². The number of Topliss-reactive ketones (excluding diaryl/α,β-unsaturated/α-hetero) is 1. The van der Waals surface area contributed by atoms with Crippen LogP contribution in [0.1, 0.15) is 25.7 Å². The van der Waals surface area contributed by atoms with Crippen LogP contribution in [0, 0.1) is 11.8 Å². The van der Waals surface area contributed by atoms with E-state index in [9.17, 15) is 4.79 Å². The van der Waals surface area contributed by atoms with Crippen molar-refractivity contribution in [1.82, 2.24) is 4.90 Å². The Kier molecular flexibility index (Phi) is 3.19. The largest absolute Gasteiger partial charge is 0.396 e. The van der Waals surface area contributed by atoms with Gasteiger partial charge in [0.15, 0.2) is 0 Å². The van der Waals surface area contributed by atoms with Crippen LogP contribution in [0.2, 0.25) is 0 Å². The van der Waals surface area contributed by atoms with Crippen LogP contribution in [0.3, 0.4) is 0 Å². The van der Waals surface area contributed by atoms with Crippen LogP contribution in [-0.4, -0.2) is 42.0 Å². The summed E-state index contributed by atoms with van der Waals surface area (Å²) in [5.74, 6) is 1.20. The van der Waals surface area contributed by atoms with E-state index < -0.39 is 0 Å². The highest BCUT2D eigenvalue weighted by molar-refractivity contribution is 5.84. The zero-order valence-electron chi connectivity index (χ0n) is 8.61. The van der Waals surface area contributed by atoms with Crippen LogP contribution in [0.5, 0.6) is 0 Å². The lowest BCUT2D eigenvalue weighted by Crippen LogP contribution is -2.40. The highest BCUT2D eigenvalue weighted by Crippen LogP contribution is 2.30. The van der Waals surface area contributed by atoms with Gasteiger partial charge in [-0.05, 0) is 38.1 Å². The fourth-order valence-electron chi connectivity index (χ4n) is 2.20. The molecule has 1 N–H and O–H groups in total. The average molecular weight is 197 g/mol. The molecule has 0 bridgehead atoms. The molecule has 0 aromatic heterocycles. The highest BCUT2D eigenvalue weighted by atomic mass is 16.3. The highest BCUT2D eigenvalue weighted by Gasteiger charge is 2.31. The lowest BCUT2D eigenvalue weighted by molar-refractivity contribution is -0.121. The summed E-state index contributed by atoms with van der Waals surface area (Å²) in [6.45, 7) is 2.85. The number of carbonyl (C=O) groups excluding carboxylic acids is 1. The fraction of sp³-hybridized carbons (Fsp3) is 0.909. The maximum Gasteiger partial charge on any atom is 0.149 e. The monoisotopic (exact) mass is 197 g/mol. The van der Waals surface area contributed by atoms with Crippen molar-refractivity contribution in [3.05, 3.63) is 0 Å². The smallest absolute Gasteiger partial charge is 0.149 e. The summed E-state index contributed by atoms with van der Waals surface area (Å²) in [5.41, 5.74) is 0. The minimum absolute atomic E-state index is 0.272. The number of piperidine rings is 1. The maximum atomic E-state index is 11.6. The number of likely N-dealkylation sites (tertiary alicyclic amines) is 1. The molecule has 0 radical (unpaired) electrons. The molecular formula is C11H19NO2. The van der Waals surface area contributed by atoms with Crippen LogP contribution in [0.15, 0.2) is 0 Å². The van der Waals surface area contributed by atoms with Gasteiger partial charge in [-0.15, -0.1) is 0 Å². The molecule has 2 aliphatic rings. The Hall–Kier alpha value is -0.410. The molecule has 1 heterocycles. The van der Waals surface area contributed by atoms with Crippen molar-refractivity contribution < 1.29 is 9.90 Å². The van der Waals surface area contributed by atoms with Crippen molar-refractivity contribution in [2.75, 3.05) is 26.2 Å². The van der Waals surface area contributed by atoms with Gasteiger partial charge in [0.2, 0.25) is 0 Å². The van der Waals surface area contributed by atoms with Crippen molar-refractivity contribution in [2.45, 2.75) is 25.7 Å². The first-order chi connectivity index (χ1) is 6.79. The third-order valence-electron chi connectivity index (χ3n) is 3.27. The number of hydrogen-bond acceptors (Lipinski definition) is 3. The van der Waals surface area contributed by atoms with Gasteiger partial charge >= 0.3 is 0 Å². The third kappa shape index (κ3) is 2.55. The average Bonchev–Trinajstić information content (AvgIpc) is 3.01. The van der Waals surface area contributed by atoms with Crippen molar-refractivity contribution in [2.24, 2.45) is 11.8 Å². The third-order valence-corrected chi connectivity index (χ3v) is 3.27. The van der Waals surface area contributed by atoms with Crippen molar-refractivity contribution in [3.8, 4) is 0 Å². The molecule has 3 heteroatoms. The number of aliphatic hydroxyl groups excluding tert-OH is 1. The molecule has 0 aromatic rings. The van der Waals surface area contributed by atoms with E-state index in [4.69, 9.17) is 5.11 Å². The Balaban J connectivity index is 1.76. The van der Waals surface area contributed by atoms with Crippen molar-refractivity contribution >= 4 is 5.78 Å². The molecule has 2 fully saturated rings. The fourth-order valence-corrected chi connectivity index (χ4v) is 2.20. The SMILES string of the molecule is O=C(CN1CCCC(CO)C1)C1CC1. The van der Waals surface area contributed by atoms with E-state index >= 15 is 0 Å². The van der Waals surface area contributed by atoms with Gasteiger partial charge in [0.1, 0.15) is 5.78 Å². The normalized spacial score (nSPS) is 29.1. The predicted octanol–water partition coefficient (Wildman–Crippen LogP) is 0.670. The summed E-state index contributed by atoms with van der Waals surface area (Å²) in [6, 6.07) is 0. The Labute approximate surface area is 85.1 Å². The number of ketones is 1. The molecule has 1 saturated heterocycles. The van der Waals surface area contributed by atoms with E-state index in [-0.39, 0.29) is 6.61 Å². The number of hydrogen-bond donors (Lipinski definition) is 1. The minimum Gasteiger partial charge on any atom is -0.396 e. The van der Waals surface area contributed by atoms with E-state index in [0.717, 1.165) is 38.8 Å². The Morgan fingerprint density at radius 3 is 2.79 bits per heavy atom. The molecule has 1 aliphatic carbocycles.